The van der Waals surface area contributed by atoms with Gasteiger partial charge < -0.3 is 20.0 Å². The molecule has 3 rings (SSSR count). The Labute approximate surface area is 166 Å². The molecule has 1 aromatic heterocycles. The van der Waals surface area contributed by atoms with Crippen molar-refractivity contribution in [3.05, 3.63) is 48.0 Å². The summed E-state index contributed by atoms with van der Waals surface area (Å²) in [7, 11) is 3.50. The van der Waals surface area contributed by atoms with E-state index in [2.05, 4.69) is 27.0 Å². The van der Waals surface area contributed by atoms with Crippen LogP contribution in [0, 0.1) is 5.82 Å². The van der Waals surface area contributed by atoms with Gasteiger partial charge in [0.25, 0.3) is 5.91 Å². The molecule has 150 valence electrons. The van der Waals surface area contributed by atoms with Gasteiger partial charge in [0.1, 0.15) is 5.82 Å². The first-order valence-corrected chi connectivity index (χ1v) is 9.70. The largest absolute Gasteiger partial charge is 0.383 e. The molecule has 1 aliphatic rings. The number of hydrogen-bond donors (Lipinski definition) is 1. The number of pyridine rings is 1. The lowest BCUT2D eigenvalue weighted by molar-refractivity contribution is 0.0828. The Morgan fingerprint density at radius 3 is 2.36 bits per heavy atom. The second-order valence-corrected chi connectivity index (χ2v) is 7.16. The number of hydrogen-bond acceptors (Lipinski definition) is 5. The summed E-state index contributed by atoms with van der Waals surface area (Å²) in [5.74, 6) is -0.277. The molecule has 0 unspecified atom stereocenters. The second kappa shape index (κ2) is 8.91. The van der Waals surface area contributed by atoms with E-state index in [1.807, 2.05) is 18.3 Å². The lowest BCUT2D eigenvalue weighted by Gasteiger charge is -2.38. The molecular weight excluding hydrogens is 357 g/mol. The Kier molecular flexibility index (Phi) is 6.34. The number of rotatable bonds is 6. The van der Waals surface area contributed by atoms with Crippen molar-refractivity contribution in [2.75, 3.05) is 61.9 Å². The normalized spacial score (nSPS) is 14.1. The molecule has 1 amide bonds. The van der Waals surface area contributed by atoms with E-state index in [4.69, 9.17) is 0 Å². The van der Waals surface area contributed by atoms with Crippen molar-refractivity contribution in [2.24, 2.45) is 0 Å². The highest BCUT2D eigenvalue weighted by molar-refractivity contribution is 6.02. The average Bonchev–Trinajstić information content (AvgIpc) is 2.72. The zero-order valence-corrected chi connectivity index (χ0v) is 16.8. The molecule has 28 heavy (non-hydrogen) atoms. The van der Waals surface area contributed by atoms with Crippen molar-refractivity contribution in [3.8, 4) is 0 Å². The molecular formula is C21H28FN5O. The van der Waals surface area contributed by atoms with Crippen LogP contribution in [0.25, 0.3) is 0 Å². The van der Waals surface area contributed by atoms with Crippen LogP contribution in [0.3, 0.4) is 0 Å². The third kappa shape index (κ3) is 4.35. The van der Waals surface area contributed by atoms with E-state index in [0.29, 0.717) is 5.56 Å². The van der Waals surface area contributed by atoms with Crippen molar-refractivity contribution in [1.29, 1.82) is 0 Å². The minimum absolute atomic E-state index is 0.0575. The summed E-state index contributed by atoms with van der Waals surface area (Å²) >= 11 is 0. The van der Waals surface area contributed by atoms with E-state index in [1.165, 1.54) is 12.1 Å². The fourth-order valence-corrected chi connectivity index (χ4v) is 3.39. The number of anilines is 3. The molecule has 6 nitrogen and oxygen atoms in total. The molecule has 0 atom stereocenters. The maximum absolute atomic E-state index is 13.2. The third-order valence-electron chi connectivity index (χ3n) is 4.93. The van der Waals surface area contributed by atoms with E-state index in [-0.39, 0.29) is 11.7 Å². The molecule has 2 aromatic rings. The van der Waals surface area contributed by atoms with Gasteiger partial charge in [-0.1, -0.05) is 6.92 Å². The van der Waals surface area contributed by atoms with Gasteiger partial charge in [-0.05, 0) is 30.7 Å². The van der Waals surface area contributed by atoms with Crippen molar-refractivity contribution in [3.63, 3.8) is 0 Å². The molecule has 1 aromatic carbocycles. The smallest absolute Gasteiger partial charge is 0.257 e. The maximum Gasteiger partial charge on any atom is 0.257 e. The van der Waals surface area contributed by atoms with Crippen LogP contribution in [0.15, 0.2) is 36.7 Å². The Bertz CT molecular complexity index is 801. The monoisotopic (exact) mass is 385 g/mol. The minimum atomic E-state index is -0.220. The quantitative estimate of drug-likeness (QED) is 0.828. The Hall–Kier alpha value is -2.83. The Morgan fingerprint density at radius 1 is 1.11 bits per heavy atom. The topological polar surface area (TPSA) is 51.7 Å². The fourth-order valence-electron chi connectivity index (χ4n) is 3.39. The van der Waals surface area contributed by atoms with Gasteiger partial charge in [-0.25, -0.2) is 4.39 Å². The summed E-state index contributed by atoms with van der Waals surface area (Å²) in [4.78, 5) is 23.0. The van der Waals surface area contributed by atoms with Gasteiger partial charge in [-0.2, -0.15) is 0 Å². The summed E-state index contributed by atoms with van der Waals surface area (Å²) in [6.07, 6.45) is 4.44. The molecule has 0 saturated carbocycles. The Morgan fingerprint density at radius 2 is 1.75 bits per heavy atom. The lowest BCUT2D eigenvalue weighted by Crippen LogP contribution is -2.47. The number of benzene rings is 1. The molecule has 0 bridgehead atoms. The first-order valence-electron chi connectivity index (χ1n) is 9.70. The lowest BCUT2D eigenvalue weighted by atomic mass is 10.1. The predicted molar refractivity (Wildman–Crippen MR) is 112 cm³/mol. The highest BCUT2D eigenvalue weighted by Gasteiger charge is 2.23. The van der Waals surface area contributed by atoms with Crippen molar-refractivity contribution in [2.45, 2.75) is 13.3 Å². The third-order valence-corrected chi connectivity index (χ3v) is 4.93. The van der Waals surface area contributed by atoms with E-state index in [0.717, 1.165) is 56.2 Å². The van der Waals surface area contributed by atoms with E-state index >= 15 is 0 Å². The van der Waals surface area contributed by atoms with Gasteiger partial charge >= 0.3 is 0 Å². The highest BCUT2D eigenvalue weighted by atomic mass is 19.1. The van der Waals surface area contributed by atoms with Crippen LogP contribution in [0.1, 0.15) is 23.7 Å². The molecule has 2 heterocycles. The number of piperazine rings is 1. The molecule has 7 heteroatoms. The van der Waals surface area contributed by atoms with Crippen LogP contribution >= 0.6 is 0 Å². The van der Waals surface area contributed by atoms with Gasteiger partial charge in [0.15, 0.2) is 0 Å². The van der Waals surface area contributed by atoms with Crippen molar-refractivity contribution in [1.82, 2.24) is 9.88 Å². The standard InChI is InChI=1S/C21H28FN5O/c1-4-9-24-20-18(21(28)25(2)3)14-23-15-19(20)27-12-10-26(11-13-27)17-7-5-16(22)6-8-17/h5-8,14-15H,4,9-13H2,1-3H3,(H,23,24). The molecule has 0 spiro atoms. The van der Waals surface area contributed by atoms with Crippen LogP contribution < -0.4 is 15.1 Å². The van der Waals surface area contributed by atoms with Crippen LogP contribution in [0.2, 0.25) is 0 Å². The van der Waals surface area contributed by atoms with Gasteiger partial charge in [0, 0.05) is 58.7 Å². The SMILES string of the molecule is CCCNc1c(C(=O)N(C)C)cncc1N1CCN(c2ccc(F)cc2)CC1. The van der Waals surface area contributed by atoms with Crippen molar-refractivity contribution >= 4 is 23.0 Å². The molecule has 0 radical (unpaired) electrons. The maximum atomic E-state index is 13.2. The van der Waals surface area contributed by atoms with Crippen LogP contribution in [0.5, 0.6) is 0 Å². The number of amides is 1. The highest BCUT2D eigenvalue weighted by Crippen LogP contribution is 2.31. The number of aromatic nitrogens is 1. The van der Waals surface area contributed by atoms with Gasteiger partial charge in [0.05, 0.1) is 23.1 Å². The molecule has 1 aliphatic heterocycles. The zero-order valence-electron chi connectivity index (χ0n) is 16.8. The van der Waals surface area contributed by atoms with Crippen LogP contribution in [-0.4, -0.2) is 62.6 Å². The van der Waals surface area contributed by atoms with Crippen molar-refractivity contribution < 1.29 is 9.18 Å². The number of halogens is 1. The summed E-state index contributed by atoms with van der Waals surface area (Å²) < 4.78 is 13.2. The fraction of sp³-hybridized carbons (Fsp3) is 0.429. The Balaban J connectivity index is 1.80. The number of carbonyl (C=O) groups excluding carboxylic acids is 1. The minimum Gasteiger partial charge on any atom is -0.383 e. The summed E-state index contributed by atoms with van der Waals surface area (Å²) in [5, 5.41) is 3.43. The molecule has 1 N–H and O–H groups in total. The number of carbonyl (C=O) groups is 1. The first kappa shape index (κ1) is 19.9. The summed E-state index contributed by atoms with van der Waals surface area (Å²) in [6.45, 7) is 6.15. The van der Waals surface area contributed by atoms with Crippen LogP contribution in [-0.2, 0) is 0 Å². The van der Waals surface area contributed by atoms with Crippen LogP contribution in [0.4, 0.5) is 21.5 Å². The molecule has 0 aliphatic carbocycles. The first-order chi connectivity index (χ1) is 13.5. The number of nitrogens with one attached hydrogen (secondary N) is 1. The van der Waals surface area contributed by atoms with E-state index < -0.39 is 0 Å². The zero-order chi connectivity index (χ0) is 20.1. The summed E-state index contributed by atoms with van der Waals surface area (Å²) in [6, 6.07) is 6.62. The predicted octanol–water partition coefficient (Wildman–Crippen LogP) is 3.07. The van der Waals surface area contributed by atoms with Gasteiger partial charge in [-0.15, -0.1) is 0 Å². The van der Waals surface area contributed by atoms with Gasteiger partial charge in [-0.3, -0.25) is 9.78 Å². The van der Waals surface area contributed by atoms with E-state index in [1.54, 1.807) is 25.2 Å². The second-order valence-electron chi connectivity index (χ2n) is 7.16. The number of nitrogens with zero attached hydrogens (tertiary/aromatic N) is 4. The van der Waals surface area contributed by atoms with E-state index in [9.17, 15) is 9.18 Å². The molecule has 1 saturated heterocycles. The summed E-state index contributed by atoms with van der Waals surface area (Å²) in [5.41, 5.74) is 3.43. The average molecular weight is 385 g/mol. The molecule has 1 fully saturated rings. The van der Waals surface area contributed by atoms with Gasteiger partial charge in [0.2, 0.25) is 0 Å².